The number of hydrogen-bond acceptors (Lipinski definition) is 4. The van der Waals surface area contributed by atoms with Gasteiger partial charge < -0.3 is 4.90 Å². The van der Waals surface area contributed by atoms with Crippen LogP contribution in [0.15, 0.2) is 23.7 Å². The van der Waals surface area contributed by atoms with Gasteiger partial charge in [-0.05, 0) is 30.9 Å². The fraction of sp³-hybridized carbons (Fsp3) is 0.471. The molecule has 24 heavy (non-hydrogen) atoms. The van der Waals surface area contributed by atoms with Crippen LogP contribution < -0.4 is 5.32 Å². The fourth-order valence-electron chi connectivity index (χ4n) is 2.75. The third kappa shape index (κ3) is 4.05. The van der Waals surface area contributed by atoms with Crippen molar-refractivity contribution in [3.63, 3.8) is 0 Å². The molecule has 5 nitrogen and oxygen atoms in total. The summed E-state index contributed by atoms with van der Waals surface area (Å²) < 4.78 is 0. The minimum Gasteiger partial charge on any atom is -0.324 e. The Morgan fingerprint density at radius 2 is 2.29 bits per heavy atom. The molecular formula is C17H21ClN4OS. The first-order chi connectivity index (χ1) is 11.5. The molecule has 2 aromatic rings. The van der Waals surface area contributed by atoms with Crippen LogP contribution in [0.25, 0.3) is 0 Å². The first-order valence-electron chi connectivity index (χ1n) is 8.15. The molecule has 1 aliphatic rings. The molecule has 0 aromatic carbocycles. The number of piperidine rings is 1. The van der Waals surface area contributed by atoms with Crippen LogP contribution in [0.3, 0.4) is 0 Å². The van der Waals surface area contributed by atoms with Gasteiger partial charge in [0, 0.05) is 30.6 Å². The third-order valence-corrected chi connectivity index (χ3v) is 5.40. The summed E-state index contributed by atoms with van der Waals surface area (Å²) in [6, 6.07) is 3.30. The Labute approximate surface area is 151 Å². The highest BCUT2D eigenvalue weighted by Gasteiger charge is 2.27. The fourth-order valence-corrected chi connectivity index (χ4v) is 3.98. The predicted molar refractivity (Wildman–Crippen MR) is 98.0 cm³/mol. The number of nitrogens with zero attached hydrogens (tertiary/aromatic N) is 3. The number of aromatic nitrogens is 2. The number of thiazole rings is 1. The Kier molecular flexibility index (Phi) is 5.36. The van der Waals surface area contributed by atoms with Gasteiger partial charge in [-0.25, -0.2) is 14.8 Å². The van der Waals surface area contributed by atoms with E-state index < -0.39 is 0 Å². The predicted octanol–water partition coefficient (Wildman–Crippen LogP) is 4.73. The maximum Gasteiger partial charge on any atom is 0.323 e. The van der Waals surface area contributed by atoms with E-state index in [1.54, 1.807) is 23.5 Å². The highest BCUT2D eigenvalue weighted by atomic mass is 35.5. The van der Waals surface area contributed by atoms with Crippen molar-refractivity contribution >= 4 is 34.8 Å². The lowest BCUT2D eigenvalue weighted by atomic mass is 9.99. The number of carbonyl (C=O) groups is 1. The van der Waals surface area contributed by atoms with Gasteiger partial charge in [-0.1, -0.05) is 25.4 Å². The summed E-state index contributed by atoms with van der Waals surface area (Å²) in [5, 5.41) is 6.66. The van der Waals surface area contributed by atoms with Crippen LogP contribution in [0.4, 0.5) is 10.6 Å². The van der Waals surface area contributed by atoms with E-state index in [2.05, 4.69) is 29.5 Å². The summed E-state index contributed by atoms with van der Waals surface area (Å²) in [4.78, 5) is 23.2. The lowest BCUT2D eigenvalue weighted by molar-refractivity contribution is 0.192. The van der Waals surface area contributed by atoms with Gasteiger partial charge in [-0.15, -0.1) is 11.3 Å². The number of anilines is 1. The molecule has 1 atom stereocenters. The number of hydrogen-bond donors (Lipinski definition) is 1. The number of rotatable bonds is 3. The zero-order chi connectivity index (χ0) is 17.1. The Bertz CT molecular complexity index is 701. The lowest BCUT2D eigenvalue weighted by Gasteiger charge is -2.31. The van der Waals surface area contributed by atoms with Crippen molar-refractivity contribution in [3.8, 4) is 0 Å². The number of pyridine rings is 1. The molecule has 0 saturated carbocycles. The van der Waals surface area contributed by atoms with Gasteiger partial charge in [0.25, 0.3) is 0 Å². The first kappa shape index (κ1) is 17.2. The number of carbonyl (C=O) groups excluding carboxylic acids is 1. The van der Waals surface area contributed by atoms with Gasteiger partial charge in [-0.3, -0.25) is 5.32 Å². The Hall–Kier alpha value is -1.66. The monoisotopic (exact) mass is 364 g/mol. The van der Waals surface area contributed by atoms with Crippen LogP contribution in [0.5, 0.6) is 0 Å². The molecule has 1 aliphatic heterocycles. The number of nitrogens with one attached hydrogen (secondary N) is 1. The Balaban J connectivity index is 1.63. The molecule has 2 aromatic heterocycles. The van der Waals surface area contributed by atoms with Crippen molar-refractivity contribution in [2.24, 2.45) is 0 Å². The van der Waals surface area contributed by atoms with E-state index in [1.165, 1.54) is 6.20 Å². The summed E-state index contributed by atoms with van der Waals surface area (Å²) >= 11 is 7.52. The van der Waals surface area contributed by atoms with E-state index in [0.29, 0.717) is 29.2 Å². The largest absolute Gasteiger partial charge is 0.324 e. The third-order valence-electron chi connectivity index (χ3n) is 4.15. The molecule has 1 unspecified atom stereocenters. The Morgan fingerprint density at radius 1 is 1.46 bits per heavy atom. The average molecular weight is 365 g/mol. The topological polar surface area (TPSA) is 58.1 Å². The van der Waals surface area contributed by atoms with E-state index in [9.17, 15) is 4.79 Å². The standard InChI is InChI=1S/C17H21ClN4OS/c1-11(2)14-10-24-16(20-14)12-4-3-7-22(9-12)17(23)21-15-6-5-13(18)8-19-15/h5-6,8,10-12H,3-4,7,9H2,1-2H3,(H,19,21,23). The first-order valence-corrected chi connectivity index (χ1v) is 9.41. The van der Waals surface area contributed by atoms with Crippen molar-refractivity contribution in [2.45, 2.75) is 38.5 Å². The normalized spacial score (nSPS) is 18.0. The van der Waals surface area contributed by atoms with Crippen molar-refractivity contribution in [3.05, 3.63) is 39.4 Å². The minimum atomic E-state index is -0.116. The second kappa shape index (κ2) is 7.49. The molecule has 1 N–H and O–H groups in total. The molecule has 7 heteroatoms. The zero-order valence-electron chi connectivity index (χ0n) is 13.8. The van der Waals surface area contributed by atoms with E-state index in [-0.39, 0.29) is 6.03 Å². The van der Waals surface area contributed by atoms with E-state index in [1.807, 2.05) is 4.90 Å². The number of amides is 2. The molecule has 0 spiro atoms. The van der Waals surface area contributed by atoms with Gasteiger partial charge in [-0.2, -0.15) is 0 Å². The van der Waals surface area contributed by atoms with E-state index in [0.717, 1.165) is 30.1 Å². The minimum absolute atomic E-state index is 0.116. The molecule has 0 aliphatic carbocycles. The van der Waals surface area contributed by atoms with E-state index >= 15 is 0 Å². The molecule has 128 valence electrons. The van der Waals surface area contributed by atoms with Crippen LogP contribution in [0, 0.1) is 0 Å². The van der Waals surface area contributed by atoms with Gasteiger partial charge in [0.2, 0.25) is 0 Å². The van der Waals surface area contributed by atoms with Crippen LogP contribution in [0.2, 0.25) is 5.02 Å². The molecule has 1 saturated heterocycles. The molecular weight excluding hydrogens is 344 g/mol. The summed E-state index contributed by atoms with van der Waals surface area (Å²) in [6.07, 6.45) is 3.59. The summed E-state index contributed by atoms with van der Waals surface area (Å²) in [5.41, 5.74) is 1.14. The Morgan fingerprint density at radius 3 is 2.96 bits per heavy atom. The molecule has 3 heterocycles. The molecule has 3 rings (SSSR count). The van der Waals surface area contributed by atoms with Gasteiger partial charge >= 0.3 is 6.03 Å². The maximum absolute atomic E-state index is 12.5. The second-order valence-corrected chi connectivity index (χ2v) is 7.67. The summed E-state index contributed by atoms with van der Waals surface area (Å²) in [7, 11) is 0. The SMILES string of the molecule is CC(C)c1csc(C2CCCN(C(=O)Nc3ccc(Cl)cn3)C2)n1. The smallest absolute Gasteiger partial charge is 0.323 e. The van der Waals surface area contributed by atoms with Crippen molar-refractivity contribution in [2.75, 3.05) is 18.4 Å². The van der Waals surface area contributed by atoms with Crippen molar-refractivity contribution in [1.29, 1.82) is 0 Å². The molecule has 0 bridgehead atoms. The average Bonchev–Trinajstić information content (AvgIpc) is 3.07. The molecule has 0 radical (unpaired) electrons. The quantitative estimate of drug-likeness (QED) is 0.856. The number of likely N-dealkylation sites (tertiary alicyclic amines) is 1. The van der Waals surface area contributed by atoms with E-state index in [4.69, 9.17) is 16.6 Å². The summed E-state index contributed by atoms with van der Waals surface area (Å²) in [6.45, 7) is 5.76. The van der Waals surface area contributed by atoms with Crippen LogP contribution in [-0.4, -0.2) is 34.0 Å². The maximum atomic E-state index is 12.5. The molecule has 2 amide bonds. The van der Waals surface area contributed by atoms with Gasteiger partial charge in [0.15, 0.2) is 0 Å². The van der Waals surface area contributed by atoms with Gasteiger partial charge in [0.05, 0.1) is 15.7 Å². The van der Waals surface area contributed by atoms with Crippen molar-refractivity contribution < 1.29 is 4.79 Å². The molecule has 1 fully saturated rings. The van der Waals surface area contributed by atoms with Crippen molar-refractivity contribution in [1.82, 2.24) is 14.9 Å². The summed E-state index contributed by atoms with van der Waals surface area (Å²) in [5.74, 6) is 1.28. The van der Waals surface area contributed by atoms with Crippen LogP contribution >= 0.6 is 22.9 Å². The number of halogens is 1. The van der Waals surface area contributed by atoms with Gasteiger partial charge in [0.1, 0.15) is 5.82 Å². The second-order valence-electron chi connectivity index (χ2n) is 6.34. The highest BCUT2D eigenvalue weighted by Crippen LogP contribution is 2.31. The van der Waals surface area contributed by atoms with Crippen LogP contribution in [-0.2, 0) is 0 Å². The number of urea groups is 1. The zero-order valence-corrected chi connectivity index (χ0v) is 15.4. The van der Waals surface area contributed by atoms with Crippen LogP contribution in [0.1, 0.15) is 49.2 Å². The lowest BCUT2D eigenvalue weighted by Crippen LogP contribution is -2.41. The highest BCUT2D eigenvalue weighted by molar-refractivity contribution is 7.09.